The van der Waals surface area contributed by atoms with Gasteiger partial charge in [0.05, 0.1) is 10.4 Å². The summed E-state index contributed by atoms with van der Waals surface area (Å²) in [4.78, 5) is 15.5. The Morgan fingerprint density at radius 3 is 2.95 bits per heavy atom. The van der Waals surface area contributed by atoms with E-state index in [2.05, 4.69) is 22.1 Å². The van der Waals surface area contributed by atoms with Gasteiger partial charge in [-0.15, -0.1) is 11.3 Å². The van der Waals surface area contributed by atoms with Crippen LogP contribution in [0.2, 0.25) is 0 Å². The minimum atomic E-state index is -0.154. The van der Waals surface area contributed by atoms with Gasteiger partial charge in [-0.1, -0.05) is 11.8 Å². The molecule has 5 heteroatoms. The first-order chi connectivity index (χ1) is 9.76. The minimum Gasteiger partial charge on any atom is -0.384 e. The molecule has 1 amide bonds. The van der Waals surface area contributed by atoms with E-state index >= 15 is 0 Å². The number of carbonyl (C=O) groups is 1. The Morgan fingerprint density at radius 1 is 1.50 bits per heavy atom. The number of rotatable bonds is 2. The number of nitrogens with one attached hydrogen (secondary N) is 1. The molecule has 1 aromatic rings. The highest BCUT2D eigenvalue weighted by molar-refractivity contribution is 7.10. The summed E-state index contributed by atoms with van der Waals surface area (Å²) < 4.78 is 0. The van der Waals surface area contributed by atoms with Crippen LogP contribution in [0.4, 0.5) is 0 Å². The third-order valence-corrected chi connectivity index (χ3v) is 4.97. The Bertz CT molecular complexity index is 550. The zero-order chi connectivity index (χ0) is 13.9. The number of hydrogen-bond acceptors (Lipinski definition) is 4. The maximum atomic E-state index is 12.3. The van der Waals surface area contributed by atoms with Crippen molar-refractivity contribution >= 4 is 17.2 Å². The molecule has 106 valence electrons. The average molecular weight is 290 g/mol. The fraction of sp³-hybridized carbons (Fsp3) is 0.533. The molecule has 1 unspecified atom stereocenters. The van der Waals surface area contributed by atoms with Crippen LogP contribution in [0.1, 0.15) is 28.1 Å². The van der Waals surface area contributed by atoms with E-state index in [1.54, 1.807) is 6.07 Å². The molecule has 4 heterocycles. The van der Waals surface area contributed by atoms with Crippen LogP contribution in [0, 0.1) is 17.8 Å². The number of nitrogens with zero attached hydrogens (tertiary/aromatic N) is 1. The lowest BCUT2D eigenvalue weighted by Crippen LogP contribution is -2.57. The lowest BCUT2D eigenvalue weighted by atomic mass is 9.84. The number of carbonyl (C=O) groups excluding carboxylic acids is 1. The number of aliphatic hydroxyl groups is 1. The number of thiophene rings is 1. The monoisotopic (exact) mass is 290 g/mol. The third-order valence-electron chi connectivity index (χ3n) is 4.12. The first-order valence-corrected chi connectivity index (χ1v) is 7.85. The SMILES string of the molecule is O=C(NC1CN2CCC1CC2)c1csc(C#CCO)c1. The first-order valence-electron chi connectivity index (χ1n) is 6.98. The predicted octanol–water partition coefficient (Wildman–Crippen LogP) is 0.916. The lowest BCUT2D eigenvalue weighted by molar-refractivity contribution is 0.0620. The number of piperidine rings is 3. The smallest absolute Gasteiger partial charge is 0.252 e. The summed E-state index contributed by atoms with van der Waals surface area (Å²) in [6.45, 7) is 3.18. The van der Waals surface area contributed by atoms with Crippen LogP contribution in [0.5, 0.6) is 0 Å². The Kier molecular flexibility index (Phi) is 4.06. The van der Waals surface area contributed by atoms with Crippen molar-refractivity contribution in [3.05, 3.63) is 21.9 Å². The molecule has 3 fully saturated rings. The molecule has 1 aromatic heterocycles. The van der Waals surface area contributed by atoms with Gasteiger partial charge in [-0.3, -0.25) is 4.79 Å². The molecule has 1 atom stereocenters. The second-order valence-electron chi connectivity index (χ2n) is 5.38. The summed E-state index contributed by atoms with van der Waals surface area (Å²) in [5.74, 6) is 6.06. The van der Waals surface area contributed by atoms with Crippen LogP contribution < -0.4 is 5.32 Å². The third kappa shape index (κ3) is 2.88. The van der Waals surface area contributed by atoms with Gasteiger partial charge in [0.25, 0.3) is 5.91 Å². The van der Waals surface area contributed by atoms with Gasteiger partial charge in [-0.2, -0.15) is 0 Å². The molecule has 4 rings (SSSR count). The van der Waals surface area contributed by atoms with E-state index in [1.807, 2.05) is 5.38 Å². The fourth-order valence-corrected chi connectivity index (χ4v) is 3.78. The molecule has 3 aliphatic heterocycles. The van der Waals surface area contributed by atoms with Crippen LogP contribution in [-0.2, 0) is 0 Å². The van der Waals surface area contributed by atoms with Crippen molar-refractivity contribution in [2.75, 3.05) is 26.2 Å². The molecule has 0 spiro atoms. The summed E-state index contributed by atoms with van der Waals surface area (Å²) in [5.41, 5.74) is 0.675. The quantitative estimate of drug-likeness (QED) is 0.796. The number of hydrogen-bond donors (Lipinski definition) is 2. The minimum absolute atomic E-state index is 0.00273. The van der Waals surface area contributed by atoms with Gasteiger partial charge in [0.15, 0.2) is 0 Å². The zero-order valence-electron chi connectivity index (χ0n) is 11.3. The molecule has 0 aliphatic carbocycles. The van der Waals surface area contributed by atoms with Crippen molar-refractivity contribution in [1.82, 2.24) is 10.2 Å². The number of fused-ring (bicyclic) bond motifs is 3. The van der Waals surface area contributed by atoms with Crippen molar-refractivity contribution in [1.29, 1.82) is 0 Å². The van der Waals surface area contributed by atoms with E-state index in [0.717, 1.165) is 11.4 Å². The normalized spacial score (nSPS) is 27.8. The summed E-state index contributed by atoms with van der Waals surface area (Å²) in [6.07, 6.45) is 2.39. The molecule has 3 aliphatic rings. The molecule has 0 saturated carbocycles. The van der Waals surface area contributed by atoms with Gasteiger partial charge in [-0.05, 0) is 37.9 Å². The second kappa shape index (κ2) is 5.96. The first kappa shape index (κ1) is 13.6. The van der Waals surface area contributed by atoms with Crippen LogP contribution in [-0.4, -0.2) is 48.2 Å². The van der Waals surface area contributed by atoms with Crippen molar-refractivity contribution in [3.8, 4) is 11.8 Å². The molecule has 20 heavy (non-hydrogen) atoms. The second-order valence-corrected chi connectivity index (χ2v) is 6.29. The van der Waals surface area contributed by atoms with Crippen molar-refractivity contribution in [2.45, 2.75) is 18.9 Å². The van der Waals surface area contributed by atoms with Crippen LogP contribution in [0.3, 0.4) is 0 Å². The Balaban J connectivity index is 1.63. The zero-order valence-corrected chi connectivity index (χ0v) is 12.1. The molecule has 2 N–H and O–H groups in total. The van der Waals surface area contributed by atoms with E-state index in [1.165, 1.54) is 37.3 Å². The summed E-state index contributed by atoms with van der Waals surface area (Å²) in [6, 6.07) is 2.08. The standard InChI is InChI=1S/C15H18N2O2S/c18-7-1-2-13-8-12(10-20-13)15(19)16-14-9-17-5-3-11(14)4-6-17/h8,10-11,14,18H,3-7,9H2,(H,16,19). The molecular formula is C15H18N2O2S. The van der Waals surface area contributed by atoms with Gasteiger partial charge < -0.3 is 15.3 Å². The van der Waals surface area contributed by atoms with E-state index in [0.29, 0.717) is 11.5 Å². The average Bonchev–Trinajstić information content (AvgIpc) is 2.95. The van der Waals surface area contributed by atoms with Crippen molar-refractivity contribution < 1.29 is 9.90 Å². The molecule has 4 nitrogen and oxygen atoms in total. The summed E-state index contributed by atoms with van der Waals surface area (Å²) >= 11 is 1.44. The molecule has 3 saturated heterocycles. The van der Waals surface area contributed by atoms with Crippen molar-refractivity contribution in [3.63, 3.8) is 0 Å². The largest absolute Gasteiger partial charge is 0.384 e. The van der Waals surface area contributed by atoms with Gasteiger partial charge in [0.2, 0.25) is 0 Å². The summed E-state index contributed by atoms with van der Waals surface area (Å²) in [5, 5.41) is 13.7. The Labute approximate surface area is 122 Å². The molecular weight excluding hydrogens is 272 g/mol. The Hall–Kier alpha value is -1.35. The fourth-order valence-electron chi connectivity index (χ4n) is 3.03. The van der Waals surface area contributed by atoms with Crippen LogP contribution >= 0.6 is 11.3 Å². The van der Waals surface area contributed by atoms with Gasteiger partial charge >= 0.3 is 0 Å². The highest BCUT2D eigenvalue weighted by atomic mass is 32.1. The van der Waals surface area contributed by atoms with E-state index < -0.39 is 0 Å². The maximum Gasteiger partial charge on any atom is 0.252 e. The van der Waals surface area contributed by atoms with Gasteiger partial charge in [0.1, 0.15) is 6.61 Å². The van der Waals surface area contributed by atoms with E-state index in [9.17, 15) is 4.79 Å². The number of aliphatic hydroxyl groups excluding tert-OH is 1. The topological polar surface area (TPSA) is 52.6 Å². The van der Waals surface area contributed by atoms with Crippen molar-refractivity contribution in [2.24, 2.45) is 5.92 Å². The predicted molar refractivity (Wildman–Crippen MR) is 78.7 cm³/mol. The van der Waals surface area contributed by atoms with Crippen LogP contribution in [0.15, 0.2) is 11.4 Å². The molecule has 0 aromatic carbocycles. The number of amides is 1. The van der Waals surface area contributed by atoms with Crippen LogP contribution in [0.25, 0.3) is 0 Å². The highest BCUT2D eigenvalue weighted by Crippen LogP contribution is 2.27. The van der Waals surface area contributed by atoms with E-state index in [-0.39, 0.29) is 18.6 Å². The molecule has 0 radical (unpaired) electrons. The summed E-state index contributed by atoms with van der Waals surface area (Å²) in [7, 11) is 0. The Morgan fingerprint density at radius 2 is 2.30 bits per heavy atom. The highest BCUT2D eigenvalue weighted by Gasteiger charge is 2.34. The lowest BCUT2D eigenvalue weighted by Gasteiger charge is -2.44. The van der Waals surface area contributed by atoms with Gasteiger partial charge in [-0.25, -0.2) is 0 Å². The van der Waals surface area contributed by atoms with E-state index in [4.69, 9.17) is 5.11 Å². The maximum absolute atomic E-state index is 12.3. The van der Waals surface area contributed by atoms with Gasteiger partial charge in [0, 0.05) is 18.0 Å². The molecule has 2 bridgehead atoms.